The normalized spacial score (nSPS) is 15.9. The zero-order chi connectivity index (χ0) is 11.7. The summed E-state index contributed by atoms with van der Waals surface area (Å²) in [6.45, 7) is 1.53. The van der Waals surface area contributed by atoms with Crippen molar-refractivity contribution in [3.8, 4) is 0 Å². The highest BCUT2D eigenvalue weighted by molar-refractivity contribution is 6.00. The molecule has 0 atom stereocenters. The molecule has 0 aromatic heterocycles. The standard InChI is InChI=1S/C15H15NO/c16-15-6-2-4-13-12(3-1-5-14(13)15)11-7-9-17-10-8-11/h1-7H,8-10,16H2. The van der Waals surface area contributed by atoms with Crippen molar-refractivity contribution in [2.45, 2.75) is 6.42 Å². The van der Waals surface area contributed by atoms with Crippen LogP contribution >= 0.6 is 0 Å². The third-order valence-corrected chi connectivity index (χ3v) is 3.27. The third kappa shape index (κ3) is 1.81. The Hall–Kier alpha value is -1.80. The predicted octanol–water partition coefficient (Wildman–Crippen LogP) is 3.23. The molecular weight excluding hydrogens is 210 g/mol. The van der Waals surface area contributed by atoms with E-state index in [0.717, 1.165) is 24.1 Å². The molecule has 3 rings (SSSR count). The first-order valence-electron chi connectivity index (χ1n) is 5.90. The molecule has 0 saturated heterocycles. The number of benzene rings is 2. The largest absolute Gasteiger partial charge is 0.398 e. The summed E-state index contributed by atoms with van der Waals surface area (Å²) in [6, 6.07) is 12.4. The van der Waals surface area contributed by atoms with Crippen molar-refractivity contribution in [1.82, 2.24) is 0 Å². The molecule has 17 heavy (non-hydrogen) atoms. The van der Waals surface area contributed by atoms with Gasteiger partial charge in [0.1, 0.15) is 0 Å². The minimum atomic E-state index is 0.716. The van der Waals surface area contributed by atoms with E-state index in [-0.39, 0.29) is 0 Å². The van der Waals surface area contributed by atoms with Crippen molar-refractivity contribution in [1.29, 1.82) is 0 Å². The van der Waals surface area contributed by atoms with Crippen molar-refractivity contribution in [3.05, 3.63) is 48.0 Å². The zero-order valence-corrected chi connectivity index (χ0v) is 9.65. The van der Waals surface area contributed by atoms with Crippen molar-refractivity contribution in [3.63, 3.8) is 0 Å². The van der Waals surface area contributed by atoms with Crippen LogP contribution in [0.5, 0.6) is 0 Å². The number of anilines is 1. The molecule has 0 aliphatic carbocycles. The van der Waals surface area contributed by atoms with Crippen molar-refractivity contribution in [2.75, 3.05) is 18.9 Å². The highest BCUT2D eigenvalue weighted by atomic mass is 16.5. The van der Waals surface area contributed by atoms with Crippen LogP contribution in [0.15, 0.2) is 42.5 Å². The molecule has 0 saturated carbocycles. The quantitative estimate of drug-likeness (QED) is 0.756. The lowest BCUT2D eigenvalue weighted by molar-refractivity contribution is 0.161. The lowest BCUT2D eigenvalue weighted by atomic mass is 9.95. The zero-order valence-electron chi connectivity index (χ0n) is 9.65. The molecule has 2 aromatic rings. The first-order valence-corrected chi connectivity index (χ1v) is 5.90. The predicted molar refractivity (Wildman–Crippen MR) is 71.8 cm³/mol. The van der Waals surface area contributed by atoms with Crippen LogP contribution in [0.4, 0.5) is 5.69 Å². The monoisotopic (exact) mass is 225 g/mol. The Morgan fingerprint density at radius 3 is 2.65 bits per heavy atom. The first kappa shape index (κ1) is 10.4. The van der Waals surface area contributed by atoms with Crippen molar-refractivity contribution < 1.29 is 4.74 Å². The number of fused-ring (bicyclic) bond motifs is 1. The Balaban J connectivity index is 2.23. The van der Waals surface area contributed by atoms with Gasteiger partial charge in [-0.25, -0.2) is 0 Å². The molecule has 0 spiro atoms. The second-order valence-corrected chi connectivity index (χ2v) is 4.30. The second-order valence-electron chi connectivity index (χ2n) is 4.30. The van der Waals surface area contributed by atoms with Crippen LogP contribution < -0.4 is 5.73 Å². The average Bonchev–Trinajstić information content (AvgIpc) is 2.40. The molecule has 1 heterocycles. The molecular formula is C15H15NO. The van der Waals surface area contributed by atoms with E-state index in [1.807, 2.05) is 12.1 Å². The van der Waals surface area contributed by atoms with Gasteiger partial charge in [-0.3, -0.25) is 0 Å². The lowest BCUT2D eigenvalue weighted by Crippen LogP contribution is -2.04. The molecule has 1 aliphatic heterocycles. The third-order valence-electron chi connectivity index (χ3n) is 3.27. The van der Waals surface area contributed by atoms with Gasteiger partial charge in [-0.15, -0.1) is 0 Å². The molecule has 0 amide bonds. The first-order chi connectivity index (χ1) is 8.36. The minimum absolute atomic E-state index is 0.716. The van der Waals surface area contributed by atoms with Gasteiger partial charge in [0.15, 0.2) is 0 Å². The maximum Gasteiger partial charge on any atom is 0.0653 e. The maximum atomic E-state index is 6.01. The van der Waals surface area contributed by atoms with Gasteiger partial charge in [-0.2, -0.15) is 0 Å². The van der Waals surface area contributed by atoms with Crippen LogP contribution in [-0.2, 0) is 4.74 Å². The van der Waals surface area contributed by atoms with E-state index in [9.17, 15) is 0 Å². The van der Waals surface area contributed by atoms with Crippen molar-refractivity contribution in [2.24, 2.45) is 0 Å². The van der Waals surface area contributed by atoms with E-state index in [4.69, 9.17) is 10.5 Å². The Kier molecular flexibility index (Phi) is 2.57. The van der Waals surface area contributed by atoms with Gasteiger partial charge in [0.05, 0.1) is 13.2 Å². The van der Waals surface area contributed by atoms with Crippen LogP contribution in [0, 0.1) is 0 Å². The Bertz CT molecular complexity index is 586. The minimum Gasteiger partial charge on any atom is -0.398 e. The summed E-state index contributed by atoms with van der Waals surface area (Å²) >= 11 is 0. The maximum absolute atomic E-state index is 6.01. The van der Waals surface area contributed by atoms with E-state index in [2.05, 4.69) is 30.3 Å². The van der Waals surface area contributed by atoms with Gasteiger partial charge in [0, 0.05) is 11.1 Å². The number of nitrogen functional groups attached to an aromatic ring is 1. The van der Waals surface area contributed by atoms with Crippen LogP contribution in [0.2, 0.25) is 0 Å². The number of hydrogen-bond acceptors (Lipinski definition) is 2. The van der Waals surface area contributed by atoms with Gasteiger partial charge < -0.3 is 10.5 Å². The SMILES string of the molecule is Nc1cccc2c(C3=CCOCC3)cccc12. The van der Waals surface area contributed by atoms with Crippen molar-refractivity contribution >= 4 is 22.0 Å². The van der Waals surface area contributed by atoms with E-state index >= 15 is 0 Å². The van der Waals surface area contributed by atoms with Crippen LogP contribution in [0.25, 0.3) is 16.3 Å². The summed E-state index contributed by atoms with van der Waals surface area (Å²) in [5, 5.41) is 2.37. The Labute approximate surface area is 101 Å². The van der Waals surface area contributed by atoms with E-state index < -0.39 is 0 Å². The second kappa shape index (κ2) is 4.22. The lowest BCUT2D eigenvalue weighted by Gasteiger charge is -2.16. The van der Waals surface area contributed by atoms with Gasteiger partial charge in [-0.05, 0) is 29.0 Å². The molecule has 2 heteroatoms. The molecule has 2 aromatic carbocycles. The summed E-state index contributed by atoms with van der Waals surface area (Å²) in [5.41, 5.74) is 9.51. The fourth-order valence-electron chi connectivity index (χ4n) is 2.39. The van der Waals surface area contributed by atoms with Gasteiger partial charge in [-0.1, -0.05) is 36.4 Å². The molecule has 2 nitrogen and oxygen atoms in total. The smallest absolute Gasteiger partial charge is 0.0653 e. The molecule has 0 fully saturated rings. The molecule has 0 bridgehead atoms. The van der Waals surface area contributed by atoms with E-state index in [1.54, 1.807) is 0 Å². The highest BCUT2D eigenvalue weighted by Gasteiger charge is 2.10. The summed E-state index contributed by atoms with van der Waals surface area (Å²) in [4.78, 5) is 0. The molecule has 2 N–H and O–H groups in total. The molecule has 0 radical (unpaired) electrons. The topological polar surface area (TPSA) is 35.2 Å². The number of hydrogen-bond donors (Lipinski definition) is 1. The highest BCUT2D eigenvalue weighted by Crippen LogP contribution is 2.30. The summed E-state index contributed by atoms with van der Waals surface area (Å²) in [7, 11) is 0. The molecule has 1 aliphatic rings. The molecule has 0 unspecified atom stereocenters. The average molecular weight is 225 g/mol. The Morgan fingerprint density at radius 1 is 1.00 bits per heavy atom. The summed E-state index contributed by atoms with van der Waals surface area (Å²) in [5.74, 6) is 0. The number of rotatable bonds is 1. The fraction of sp³-hybridized carbons (Fsp3) is 0.200. The summed E-state index contributed by atoms with van der Waals surface area (Å²) in [6.07, 6.45) is 3.15. The van der Waals surface area contributed by atoms with Gasteiger partial charge in [0.2, 0.25) is 0 Å². The number of nitrogens with two attached hydrogens (primary N) is 1. The fourth-order valence-corrected chi connectivity index (χ4v) is 2.39. The van der Waals surface area contributed by atoms with Gasteiger partial charge >= 0.3 is 0 Å². The van der Waals surface area contributed by atoms with Crippen LogP contribution in [0.3, 0.4) is 0 Å². The number of ether oxygens (including phenoxy) is 1. The summed E-state index contributed by atoms with van der Waals surface area (Å²) < 4.78 is 5.36. The van der Waals surface area contributed by atoms with Gasteiger partial charge in [0.25, 0.3) is 0 Å². The van der Waals surface area contributed by atoms with E-state index in [1.165, 1.54) is 16.5 Å². The van der Waals surface area contributed by atoms with Crippen LogP contribution in [0.1, 0.15) is 12.0 Å². The molecule has 86 valence electrons. The van der Waals surface area contributed by atoms with Crippen LogP contribution in [-0.4, -0.2) is 13.2 Å². The Morgan fingerprint density at radius 2 is 1.82 bits per heavy atom. The van der Waals surface area contributed by atoms with E-state index in [0.29, 0.717) is 6.61 Å².